The van der Waals surface area contributed by atoms with Crippen LogP contribution in [0.1, 0.15) is 12.8 Å². The summed E-state index contributed by atoms with van der Waals surface area (Å²) in [5.74, 6) is 0. The van der Waals surface area contributed by atoms with Gasteiger partial charge in [0.25, 0.3) is 0 Å². The second kappa shape index (κ2) is 5.54. The van der Waals surface area contributed by atoms with Gasteiger partial charge in [-0.1, -0.05) is 18.2 Å². The van der Waals surface area contributed by atoms with Crippen molar-refractivity contribution in [1.29, 1.82) is 0 Å². The van der Waals surface area contributed by atoms with E-state index < -0.39 is 0 Å². The largest absolute Gasteiger partial charge is 0.383 e. The molecule has 3 heteroatoms. The molecule has 1 unspecified atom stereocenters. The van der Waals surface area contributed by atoms with Crippen LogP contribution in [0.3, 0.4) is 0 Å². The molecule has 0 saturated carbocycles. The van der Waals surface area contributed by atoms with E-state index in [0.29, 0.717) is 6.04 Å². The topological polar surface area (TPSA) is 12.5 Å². The monoisotopic (exact) mass is 223 g/mol. The number of rotatable bonds is 4. The quantitative estimate of drug-likeness (QED) is 0.728. The maximum absolute atomic E-state index is 5.24. The number of nitrogens with zero attached hydrogens (tertiary/aromatic N) is 1. The highest BCUT2D eigenvalue weighted by atomic mass is 32.2. The second-order valence-corrected chi connectivity index (χ2v) is 4.92. The van der Waals surface area contributed by atoms with Crippen LogP contribution in [0.4, 0.5) is 0 Å². The maximum Gasteiger partial charge on any atom is 0.0627 e. The van der Waals surface area contributed by atoms with Crippen LogP contribution in [0.25, 0.3) is 0 Å². The Labute approximate surface area is 95.7 Å². The Morgan fingerprint density at radius 2 is 2.20 bits per heavy atom. The zero-order chi connectivity index (χ0) is 10.5. The summed E-state index contributed by atoms with van der Waals surface area (Å²) in [4.78, 5) is 1.32. The fraction of sp³-hybridized carbons (Fsp3) is 0.500. The predicted octanol–water partition coefficient (Wildman–Crippen LogP) is 2.80. The third kappa shape index (κ3) is 2.97. The van der Waals surface area contributed by atoms with Crippen molar-refractivity contribution in [3.8, 4) is 0 Å². The minimum atomic E-state index is 0.584. The molecule has 1 atom stereocenters. The van der Waals surface area contributed by atoms with E-state index in [1.54, 1.807) is 7.11 Å². The SMILES string of the molecule is COCC1CCCN1Sc1ccccc1. The molecule has 82 valence electrons. The fourth-order valence-corrected chi connectivity index (χ4v) is 2.99. The summed E-state index contributed by atoms with van der Waals surface area (Å²) < 4.78 is 7.68. The number of benzene rings is 1. The van der Waals surface area contributed by atoms with Crippen LogP contribution in [0.5, 0.6) is 0 Å². The van der Waals surface area contributed by atoms with E-state index in [4.69, 9.17) is 4.74 Å². The summed E-state index contributed by atoms with van der Waals surface area (Å²) in [6.45, 7) is 2.02. The van der Waals surface area contributed by atoms with Gasteiger partial charge in [-0.05, 0) is 36.9 Å². The first-order valence-corrected chi connectivity index (χ1v) is 6.16. The number of ether oxygens (including phenoxy) is 1. The Bertz CT molecular complexity index is 291. The number of methoxy groups -OCH3 is 1. The Morgan fingerprint density at radius 3 is 2.93 bits per heavy atom. The van der Waals surface area contributed by atoms with Crippen molar-refractivity contribution in [2.75, 3.05) is 20.3 Å². The molecule has 0 amide bonds. The zero-order valence-corrected chi connectivity index (χ0v) is 9.87. The van der Waals surface area contributed by atoms with Gasteiger partial charge in [-0.25, -0.2) is 4.31 Å². The molecule has 1 heterocycles. The van der Waals surface area contributed by atoms with Gasteiger partial charge in [-0.3, -0.25) is 0 Å². The average molecular weight is 223 g/mol. The van der Waals surface area contributed by atoms with E-state index in [2.05, 4.69) is 34.6 Å². The molecule has 0 aliphatic carbocycles. The molecule has 1 aromatic rings. The number of hydrogen-bond acceptors (Lipinski definition) is 3. The highest BCUT2D eigenvalue weighted by Gasteiger charge is 2.24. The first-order valence-electron chi connectivity index (χ1n) is 5.39. The van der Waals surface area contributed by atoms with Crippen molar-refractivity contribution in [3.05, 3.63) is 30.3 Å². The van der Waals surface area contributed by atoms with Crippen LogP contribution < -0.4 is 0 Å². The Kier molecular flexibility index (Phi) is 4.06. The first-order chi connectivity index (χ1) is 7.40. The lowest BCUT2D eigenvalue weighted by molar-refractivity contribution is 0.153. The van der Waals surface area contributed by atoms with Crippen LogP contribution in [0.2, 0.25) is 0 Å². The molecule has 0 aromatic heterocycles. The van der Waals surface area contributed by atoms with Crippen molar-refractivity contribution in [2.24, 2.45) is 0 Å². The summed E-state index contributed by atoms with van der Waals surface area (Å²) in [5.41, 5.74) is 0. The molecule has 0 spiro atoms. The van der Waals surface area contributed by atoms with E-state index in [-0.39, 0.29) is 0 Å². The van der Waals surface area contributed by atoms with Gasteiger partial charge < -0.3 is 4.74 Å². The molecule has 0 radical (unpaired) electrons. The average Bonchev–Trinajstić information content (AvgIpc) is 2.68. The normalized spacial score (nSPS) is 22.1. The second-order valence-electron chi connectivity index (χ2n) is 3.80. The van der Waals surface area contributed by atoms with Gasteiger partial charge in [0.05, 0.1) is 6.61 Å². The first kappa shape index (κ1) is 11.0. The van der Waals surface area contributed by atoms with Gasteiger partial charge in [-0.15, -0.1) is 0 Å². The van der Waals surface area contributed by atoms with Crippen LogP contribution in [0, 0.1) is 0 Å². The molecule has 1 fully saturated rings. The van der Waals surface area contributed by atoms with Crippen molar-refractivity contribution >= 4 is 11.9 Å². The van der Waals surface area contributed by atoms with E-state index in [0.717, 1.165) is 6.61 Å². The third-order valence-electron chi connectivity index (χ3n) is 2.65. The van der Waals surface area contributed by atoms with Gasteiger partial charge in [0.2, 0.25) is 0 Å². The molecule has 1 aromatic carbocycles. The molecule has 2 nitrogen and oxygen atoms in total. The van der Waals surface area contributed by atoms with E-state index in [1.165, 1.54) is 24.3 Å². The molecule has 15 heavy (non-hydrogen) atoms. The van der Waals surface area contributed by atoms with E-state index >= 15 is 0 Å². The van der Waals surface area contributed by atoms with Crippen molar-refractivity contribution in [3.63, 3.8) is 0 Å². The Morgan fingerprint density at radius 1 is 1.40 bits per heavy atom. The minimum absolute atomic E-state index is 0.584. The maximum atomic E-state index is 5.24. The zero-order valence-electron chi connectivity index (χ0n) is 9.06. The minimum Gasteiger partial charge on any atom is -0.383 e. The summed E-state index contributed by atoms with van der Waals surface area (Å²) in [6, 6.07) is 11.1. The number of hydrogen-bond donors (Lipinski definition) is 0. The molecular formula is C12H17NOS. The lowest BCUT2D eigenvalue weighted by Gasteiger charge is -2.22. The van der Waals surface area contributed by atoms with Gasteiger partial charge >= 0.3 is 0 Å². The molecule has 1 aliphatic heterocycles. The highest BCUT2D eigenvalue weighted by Crippen LogP contribution is 2.30. The third-order valence-corrected chi connectivity index (χ3v) is 3.85. The summed E-state index contributed by atoms with van der Waals surface area (Å²) in [7, 11) is 1.78. The van der Waals surface area contributed by atoms with Crippen molar-refractivity contribution in [1.82, 2.24) is 4.31 Å². The van der Waals surface area contributed by atoms with Gasteiger partial charge in [0.15, 0.2) is 0 Å². The van der Waals surface area contributed by atoms with Crippen LogP contribution in [-0.4, -0.2) is 30.6 Å². The Hall–Kier alpha value is -0.510. The Balaban J connectivity index is 1.93. The van der Waals surface area contributed by atoms with Gasteiger partial charge in [0.1, 0.15) is 0 Å². The van der Waals surface area contributed by atoms with Crippen LogP contribution in [0.15, 0.2) is 35.2 Å². The van der Waals surface area contributed by atoms with Crippen molar-refractivity contribution < 1.29 is 4.74 Å². The highest BCUT2D eigenvalue weighted by molar-refractivity contribution is 7.97. The molecule has 0 bridgehead atoms. The van der Waals surface area contributed by atoms with Gasteiger partial charge in [0, 0.05) is 24.6 Å². The molecule has 0 N–H and O–H groups in total. The fourth-order valence-electron chi connectivity index (χ4n) is 1.91. The van der Waals surface area contributed by atoms with Crippen molar-refractivity contribution in [2.45, 2.75) is 23.8 Å². The van der Waals surface area contributed by atoms with E-state index in [1.807, 2.05) is 11.9 Å². The van der Waals surface area contributed by atoms with Crippen LogP contribution >= 0.6 is 11.9 Å². The van der Waals surface area contributed by atoms with E-state index in [9.17, 15) is 0 Å². The molecular weight excluding hydrogens is 206 g/mol. The lowest BCUT2D eigenvalue weighted by atomic mass is 10.2. The predicted molar refractivity (Wildman–Crippen MR) is 63.9 cm³/mol. The standard InChI is InChI=1S/C12H17NOS/c1-14-10-11-6-5-9-13(11)15-12-7-3-2-4-8-12/h2-4,7-8,11H,5-6,9-10H2,1H3. The van der Waals surface area contributed by atoms with Crippen LogP contribution in [-0.2, 0) is 4.74 Å². The summed E-state index contributed by atoms with van der Waals surface area (Å²) in [6.07, 6.45) is 2.54. The van der Waals surface area contributed by atoms with Gasteiger partial charge in [-0.2, -0.15) is 0 Å². The smallest absolute Gasteiger partial charge is 0.0627 e. The molecule has 1 aliphatic rings. The summed E-state index contributed by atoms with van der Waals surface area (Å²) in [5, 5.41) is 0. The summed E-state index contributed by atoms with van der Waals surface area (Å²) >= 11 is 1.85. The molecule has 2 rings (SSSR count). The lowest BCUT2D eigenvalue weighted by Crippen LogP contribution is -2.26. The molecule has 1 saturated heterocycles.